The topological polar surface area (TPSA) is 24.5 Å². The molecule has 1 saturated heterocycles. The van der Waals surface area contributed by atoms with Crippen molar-refractivity contribution in [2.24, 2.45) is 0 Å². The van der Waals surface area contributed by atoms with Crippen molar-refractivity contribution in [3.8, 4) is 0 Å². The molecule has 2 atom stereocenters. The number of hydrogen-bond donors (Lipinski definition) is 1. The molecule has 100 valence electrons. The monoisotopic (exact) mass is 248 g/mol. The number of ether oxygens (including phenoxy) is 1. The molecule has 2 rings (SSSR count). The standard InChI is InChI=1S/C15H24N2O/c1-12-5-4-6-15(9-12)16-7-8-17-10-13(2)18-14(3)11-17/h4-6,9,13-14,16H,7-8,10-11H2,1-3H3. The number of aryl methyl sites for hydroxylation is 1. The highest BCUT2D eigenvalue weighted by Gasteiger charge is 2.21. The molecule has 0 spiro atoms. The van der Waals surface area contributed by atoms with Gasteiger partial charge in [-0.15, -0.1) is 0 Å². The van der Waals surface area contributed by atoms with Gasteiger partial charge in [-0.2, -0.15) is 0 Å². The molecule has 0 aliphatic carbocycles. The Morgan fingerprint density at radius 1 is 1.28 bits per heavy atom. The summed E-state index contributed by atoms with van der Waals surface area (Å²) < 4.78 is 5.73. The molecule has 18 heavy (non-hydrogen) atoms. The summed E-state index contributed by atoms with van der Waals surface area (Å²) in [6.45, 7) is 10.6. The Morgan fingerprint density at radius 3 is 2.67 bits per heavy atom. The minimum atomic E-state index is 0.354. The summed E-state index contributed by atoms with van der Waals surface area (Å²) in [6.07, 6.45) is 0.709. The molecule has 1 heterocycles. The van der Waals surface area contributed by atoms with E-state index in [9.17, 15) is 0 Å². The summed E-state index contributed by atoms with van der Waals surface area (Å²) >= 11 is 0. The second kappa shape index (κ2) is 6.21. The molecular formula is C15H24N2O. The maximum absolute atomic E-state index is 5.73. The van der Waals surface area contributed by atoms with Crippen molar-refractivity contribution in [1.82, 2.24) is 4.90 Å². The fraction of sp³-hybridized carbons (Fsp3) is 0.600. The van der Waals surface area contributed by atoms with Crippen molar-refractivity contribution < 1.29 is 4.74 Å². The van der Waals surface area contributed by atoms with E-state index in [0.29, 0.717) is 12.2 Å². The van der Waals surface area contributed by atoms with Crippen LogP contribution in [-0.4, -0.2) is 43.3 Å². The Balaban J connectivity index is 1.75. The maximum Gasteiger partial charge on any atom is 0.0678 e. The predicted octanol–water partition coefficient (Wildman–Crippen LogP) is 2.52. The first kappa shape index (κ1) is 13.4. The fourth-order valence-electron chi connectivity index (χ4n) is 2.58. The lowest BCUT2D eigenvalue weighted by Gasteiger charge is -2.35. The van der Waals surface area contributed by atoms with Crippen molar-refractivity contribution in [2.75, 3.05) is 31.5 Å². The third-order valence-corrected chi connectivity index (χ3v) is 3.27. The van der Waals surface area contributed by atoms with Crippen LogP contribution < -0.4 is 5.32 Å². The number of benzene rings is 1. The third kappa shape index (κ3) is 4.00. The van der Waals surface area contributed by atoms with Gasteiger partial charge in [-0.1, -0.05) is 12.1 Å². The zero-order valence-electron chi connectivity index (χ0n) is 11.6. The van der Waals surface area contributed by atoms with E-state index in [1.54, 1.807) is 0 Å². The first-order chi connectivity index (χ1) is 8.63. The second-order valence-corrected chi connectivity index (χ2v) is 5.31. The van der Waals surface area contributed by atoms with Gasteiger partial charge >= 0.3 is 0 Å². The highest BCUT2D eigenvalue weighted by molar-refractivity contribution is 5.45. The molecule has 2 unspecified atom stereocenters. The van der Waals surface area contributed by atoms with Gasteiger partial charge in [0, 0.05) is 31.9 Å². The highest BCUT2D eigenvalue weighted by Crippen LogP contribution is 2.11. The van der Waals surface area contributed by atoms with E-state index in [4.69, 9.17) is 4.74 Å². The number of nitrogens with one attached hydrogen (secondary N) is 1. The molecular weight excluding hydrogens is 224 g/mol. The van der Waals surface area contributed by atoms with Crippen molar-refractivity contribution >= 4 is 5.69 Å². The number of nitrogens with zero attached hydrogens (tertiary/aromatic N) is 1. The summed E-state index contributed by atoms with van der Waals surface area (Å²) in [5, 5.41) is 3.48. The minimum absolute atomic E-state index is 0.354. The zero-order chi connectivity index (χ0) is 13.0. The van der Waals surface area contributed by atoms with Crippen LogP contribution in [0.1, 0.15) is 19.4 Å². The molecule has 0 aromatic heterocycles. The smallest absolute Gasteiger partial charge is 0.0678 e. The van der Waals surface area contributed by atoms with Crippen LogP contribution in [0.4, 0.5) is 5.69 Å². The number of morpholine rings is 1. The van der Waals surface area contributed by atoms with E-state index in [-0.39, 0.29) is 0 Å². The van der Waals surface area contributed by atoms with Gasteiger partial charge in [-0.3, -0.25) is 4.90 Å². The van der Waals surface area contributed by atoms with Crippen molar-refractivity contribution in [3.63, 3.8) is 0 Å². The summed E-state index contributed by atoms with van der Waals surface area (Å²) in [7, 11) is 0. The Morgan fingerprint density at radius 2 is 2.00 bits per heavy atom. The lowest BCUT2D eigenvalue weighted by molar-refractivity contribution is -0.0667. The summed E-state index contributed by atoms with van der Waals surface area (Å²) in [4.78, 5) is 2.47. The molecule has 0 bridgehead atoms. The Hall–Kier alpha value is -1.06. The molecule has 1 aliphatic heterocycles. The minimum Gasteiger partial charge on any atom is -0.384 e. The number of hydrogen-bond acceptors (Lipinski definition) is 3. The first-order valence-electron chi connectivity index (χ1n) is 6.82. The van der Waals surface area contributed by atoms with Crippen molar-refractivity contribution in [2.45, 2.75) is 33.0 Å². The van der Waals surface area contributed by atoms with Crippen LogP contribution in [0.5, 0.6) is 0 Å². The normalized spacial score (nSPS) is 25.1. The van der Waals surface area contributed by atoms with Crippen LogP contribution in [0.25, 0.3) is 0 Å². The van der Waals surface area contributed by atoms with Gasteiger partial charge in [0.1, 0.15) is 0 Å². The van der Waals surface area contributed by atoms with Crippen LogP contribution in [-0.2, 0) is 4.74 Å². The maximum atomic E-state index is 5.73. The summed E-state index contributed by atoms with van der Waals surface area (Å²) in [6, 6.07) is 8.52. The van der Waals surface area contributed by atoms with Crippen LogP contribution >= 0.6 is 0 Å². The van der Waals surface area contributed by atoms with Crippen LogP contribution in [0.2, 0.25) is 0 Å². The van der Waals surface area contributed by atoms with Gasteiger partial charge in [-0.25, -0.2) is 0 Å². The average Bonchev–Trinajstić information content (AvgIpc) is 2.27. The number of rotatable bonds is 4. The fourth-order valence-corrected chi connectivity index (χ4v) is 2.58. The van der Waals surface area contributed by atoms with Crippen LogP contribution in [0.15, 0.2) is 24.3 Å². The molecule has 0 radical (unpaired) electrons. The lowest BCUT2D eigenvalue weighted by atomic mass is 10.2. The molecule has 1 N–H and O–H groups in total. The van der Waals surface area contributed by atoms with E-state index < -0.39 is 0 Å². The van der Waals surface area contributed by atoms with Gasteiger partial charge in [0.05, 0.1) is 12.2 Å². The molecule has 1 aromatic rings. The molecule has 3 nitrogen and oxygen atoms in total. The quantitative estimate of drug-likeness (QED) is 0.886. The van der Waals surface area contributed by atoms with E-state index >= 15 is 0 Å². The Kier molecular flexibility index (Phi) is 4.61. The zero-order valence-corrected chi connectivity index (χ0v) is 11.6. The molecule has 1 fully saturated rings. The predicted molar refractivity (Wildman–Crippen MR) is 76.1 cm³/mol. The van der Waals surface area contributed by atoms with Gasteiger partial charge in [0.25, 0.3) is 0 Å². The largest absolute Gasteiger partial charge is 0.384 e. The summed E-state index contributed by atoms with van der Waals surface area (Å²) in [5.74, 6) is 0. The van der Waals surface area contributed by atoms with E-state index in [2.05, 4.69) is 55.3 Å². The van der Waals surface area contributed by atoms with Gasteiger partial charge in [0.15, 0.2) is 0 Å². The van der Waals surface area contributed by atoms with Gasteiger partial charge < -0.3 is 10.1 Å². The van der Waals surface area contributed by atoms with E-state index in [1.165, 1.54) is 11.3 Å². The Labute approximate surface area is 110 Å². The van der Waals surface area contributed by atoms with Crippen LogP contribution in [0.3, 0.4) is 0 Å². The average molecular weight is 248 g/mol. The van der Waals surface area contributed by atoms with Crippen LogP contribution in [0, 0.1) is 6.92 Å². The third-order valence-electron chi connectivity index (χ3n) is 3.27. The number of anilines is 1. The van der Waals surface area contributed by atoms with E-state index in [1.807, 2.05) is 0 Å². The molecule has 1 aliphatic rings. The first-order valence-corrected chi connectivity index (χ1v) is 6.82. The van der Waals surface area contributed by atoms with Crippen molar-refractivity contribution in [1.29, 1.82) is 0 Å². The molecule has 0 saturated carbocycles. The van der Waals surface area contributed by atoms with Gasteiger partial charge in [-0.05, 0) is 38.5 Å². The van der Waals surface area contributed by atoms with Gasteiger partial charge in [0.2, 0.25) is 0 Å². The molecule has 1 aromatic carbocycles. The van der Waals surface area contributed by atoms with E-state index in [0.717, 1.165) is 26.2 Å². The highest BCUT2D eigenvalue weighted by atomic mass is 16.5. The summed E-state index contributed by atoms with van der Waals surface area (Å²) in [5.41, 5.74) is 2.51. The second-order valence-electron chi connectivity index (χ2n) is 5.31. The SMILES string of the molecule is Cc1cccc(NCCN2CC(C)OC(C)C2)c1. The molecule has 3 heteroatoms. The lowest BCUT2D eigenvalue weighted by Crippen LogP contribution is -2.46. The molecule has 0 amide bonds. The van der Waals surface area contributed by atoms with Crippen molar-refractivity contribution in [3.05, 3.63) is 29.8 Å². The Bertz CT molecular complexity index is 371.